The van der Waals surface area contributed by atoms with Gasteiger partial charge in [-0.2, -0.15) is 0 Å². The molecule has 1 aromatic rings. The molecule has 1 aliphatic rings. The fourth-order valence-electron chi connectivity index (χ4n) is 2.09. The molecular weight excluding hydrogens is 246 g/mol. The molecule has 1 heterocycles. The molecule has 0 aromatic carbocycles. The van der Waals surface area contributed by atoms with Gasteiger partial charge in [-0.25, -0.2) is 9.97 Å². The van der Waals surface area contributed by atoms with E-state index in [-0.39, 0.29) is 0 Å². The van der Waals surface area contributed by atoms with E-state index in [0.29, 0.717) is 17.1 Å². The number of aromatic nitrogens is 2. The third-order valence-electron chi connectivity index (χ3n) is 3.52. The Morgan fingerprint density at radius 1 is 1.33 bits per heavy atom. The van der Waals surface area contributed by atoms with Crippen LogP contribution in [0.2, 0.25) is 5.15 Å². The van der Waals surface area contributed by atoms with Gasteiger partial charge >= 0.3 is 0 Å². The van der Waals surface area contributed by atoms with Gasteiger partial charge in [0.1, 0.15) is 16.8 Å². The molecule has 0 spiro atoms. The van der Waals surface area contributed by atoms with Crippen LogP contribution in [0.25, 0.3) is 0 Å². The number of anilines is 1. The number of hydrogen-bond acceptors (Lipinski definition) is 3. The molecule has 3 nitrogen and oxygen atoms in total. The number of hydrogen-bond donors (Lipinski definition) is 1. The fraction of sp³-hybridized carbons (Fsp3) is 0.714. The first-order chi connectivity index (χ1) is 8.65. The summed E-state index contributed by atoms with van der Waals surface area (Å²) in [5.74, 6) is 2.38. The summed E-state index contributed by atoms with van der Waals surface area (Å²) in [6, 6.07) is 0.478. The second-order valence-corrected chi connectivity index (χ2v) is 5.52. The van der Waals surface area contributed by atoms with Crippen LogP contribution in [0.4, 0.5) is 5.82 Å². The summed E-state index contributed by atoms with van der Waals surface area (Å²) in [4.78, 5) is 9.05. The molecule has 0 aliphatic heterocycles. The summed E-state index contributed by atoms with van der Waals surface area (Å²) < 4.78 is 0. The highest BCUT2D eigenvalue weighted by molar-refractivity contribution is 6.30. The molecule has 18 heavy (non-hydrogen) atoms. The van der Waals surface area contributed by atoms with Gasteiger partial charge in [-0.05, 0) is 32.6 Å². The number of nitrogens with zero attached hydrogens (tertiary/aromatic N) is 2. The highest BCUT2D eigenvalue weighted by Crippen LogP contribution is 2.39. The van der Waals surface area contributed by atoms with Crippen LogP contribution >= 0.6 is 11.6 Å². The smallest absolute Gasteiger partial charge is 0.137 e. The van der Waals surface area contributed by atoms with Crippen molar-refractivity contribution in [3.05, 3.63) is 16.5 Å². The van der Waals surface area contributed by atoms with Gasteiger partial charge in [-0.15, -0.1) is 0 Å². The van der Waals surface area contributed by atoms with E-state index in [1.807, 2.05) is 6.92 Å². The Hall–Kier alpha value is -0.830. The predicted octanol–water partition coefficient (Wildman–Crippen LogP) is 4.31. The lowest BCUT2D eigenvalue weighted by Crippen LogP contribution is -2.20. The first-order valence-electron chi connectivity index (χ1n) is 6.96. The highest BCUT2D eigenvalue weighted by atomic mass is 35.5. The monoisotopic (exact) mass is 267 g/mol. The van der Waals surface area contributed by atoms with Crippen molar-refractivity contribution in [3.63, 3.8) is 0 Å². The Bertz CT molecular complexity index is 416. The molecule has 1 N–H and O–H groups in total. The predicted molar refractivity (Wildman–Crippen MR) is 76.4 cm³/mol. The molecule has 1 atom stereocenters. The van der Waals surface area contributed by atoms with Crippen LogP contribution in [0.1, 0.15) is 63.3 Å². The maximum Gasteiger partial charge on any atom is 0.137 e. The Balaban J connectivity index is 2.19. The molecular formula is C14H22ClN3. The van der Waals surface area contributed by atoms with E-state index in [1.54, 1.807) is 0 Å². The van der Waals surface area contributed by atoms with Crippen LogP contribution in [-0.4, -0.2) is 16.0 Å². The van der Waals surface area contributed by atoms with Crippen molar-refractivity contribution in [2.75, 3.05) is 5.32 Å². The van der Waals surface area contributed by atoms with Gasteiger partial charge in [0, 0.05) is 17.5 Å². The van der Waals surface area contributed by atoms with E-state index >= 15 is 0 Å². The van der Waals surface area contributed by atoms with Gasteiger partial charge < -0.3 is 5.32 Å². The number of halogens is 1. The van der Waals surface area contributed by atoms with Crippen molar-refractivity contribution in [2.45, 2.75) is 64.8 Å². The Kier molecular flexibility index (Phi) is 4.44. The van der Waals surface area contributed by atoms with Gasteiger partial charge in [0.05, 0.1) is 0 Å². The summed E-state index contributed by atoms with van der Waals surface area (Å²) in [5.41, 5.74) is 0.968. The van der Waals surface area contributed by atoms with Crippen LogP contribution < -0.4 is 5.32 Å². The van der Waals surface area contributed by atoms with Crippen molar-refractivity contribution >= 4 is 17.4 Å². The molecule has 1 aromatic heterocycles. The molecule has 0 radical (unpaired) electrons. The Morgan fingerprint density at radius 2 is 2.06 bits per heavy atom. The van der Waals surface area contributed by atoms with Crippen molar-refractivity contribution in [2.24, 2.45) is 0 Å². The van der Waals surface area contributed by atoms with Crippen molar-refractivity contribution in [1.82, 2.24) is 9.97 Å². The summed E-state index contributed by atoms with van der Waals surface area (Å²) in [5, 5.41) is 4.12. The standard InChI is InChI=1S/C14H22ClN3/c1-4-6-11(5-2)16-13-9(3)12(15)17-14(18-13)10-7-8-10/h10-11H,4-8H2,1-3H3,(H,16,17,18). The quantitative estimate of drug-likeness (QED) is 0.781. The SMILES string of the molecule is CCCC(CC)Nc1nc(C2CC2)nc(Cl)c1C. The normalized spacial score (nSPS) is 16.7. The van der Waals surface area contributed by atoms with Crippen LogP contribution in [0, 0.1) is 6.92 Å². The van der Waals surface area contributed by atoms with Crippen molar-refractivity contribution in [3.8, 4) is 0 Å². The largest absolute Gasteiger partial charge is 0.367 e. The van der Waals surface area contributed by atoms with E-state index in [0.717, 1.165) is 30.0 Å². The average Bonchev–Trinajstić information content (AvgIpc) is 3.18. The van der Waals surface area contributed by atoms with Gasteiger partial charge in [-0.3, -0.25) is 0 Å². The van der Waals surface area contributed by atoms with Gasteiger partial charge in [0.15, 0.2) is 0 Å². The van der Waals surface area contributed by atoms with Gasteiger partial charge in [-0.1, -0.05) is 31.9 Å². The molecule has 4 heteroatoms. The molecule has 1 unspecified atom stereocenters. The summed E-state index contributed by atoms with van der Waals surface area (Å²) in [6.07, 6.45) is 5.85. The molecule has 0 amide bonds. The number of nitrogens with one attached hydrogen (secondary N) is 1. The average molecular weight is 268 g/mol. The molecule has 0 bridgehead atoms. The summed E-state index contributed by atoms with van der Waals surface area (Å²) in [7, 11) is 0. The fourth-order valence-corrected chi connectivity index (χ4v) is 2.27. The maximum atomic E-state index is 6.20. The molecule has 1 fully saturated rings. The topological polar surface area (TPSA) is 37.8 Å². The van der Waals surface area contributed by atoms with Crippen molar-refractivity contribution < 1.29 is 0 Å². The first kappa shape index (κ1) is 13.6. The summed E-state index contributed by atoms with van der Waals surface area (Å²) >= 11 is 6.20. The second kappa shape index (κ2) is 5.87. The lowest BCUT2D eigenvalue weighted by atomic mass is 10.1. The van der Waals surface area contributed by atoms with E-state index in [2.05, 4.69) is 29.1 Å². The minimum atomic E-state index is 0.478. The first-order valence-corrected chi connectivity index (χ1v) is 7.34. The van der Waals surface area contributed by atoms with E-state index in [1.165, 1.54) is 19.3 Å². The maximum absolute atomic E-state index is 6.20. The van der Waals surface area contributed by atoms with E-state index < -0.39 is 0 Å². The minimum absolute atomic E-state index is 0.478. The Labute approximate surface area is 114 Å². The lowest BCUT2D eigenvalue weighted by Gasteiger charge is -2.19. The third-order valence-corrected chi connectivity index (χ3v) is 3.88. The van der Waals surface area contributed by atoms with E-state index in [4.69, 9.17) is 11.6 Å². The van der Waals surface area contributed by atoms with Crippen LogP contribution in [0.5, 0.6) is 0 Å². The van der Waals surface area contributed by atoms with Gasteiger partial charge in [0.25, 0.3) is 0 Å². The van der Waals surface area contributed by atoms with Gasteiger partial charge in [0.2, 0.25) is 0 Å². The second-order valence-electron chi connectivity index (χ2n) is 5.16. The number of rotatable bonds is 6. The van der Waals surface area contributed by atoms with Crippen LogP contribution in [0.15, 0.2) is 0 Å². The molecule has 2 rings (SSSR count). The molecule has 1 saturated carbocycles. The summed E-state index contributed by atoms with van der Waals surface area (Å²) in [6.45, 7) is 6.40. The molecule has 100 valence electrons. The Morgan fingerprint density at radius 3 is 2.61 bits per heavy atom. The zero-order chi connectivity index (χ0) is 13.1. The van der Waals surface area contributed by atoms with Crippen LogP contribution in [0.3, 0.4) is 0 Å². The third kappa shape index (κ3) is 3.14. The van der Waals surface area contributed by atoms with Crippen LogP contribution in [-0.2, 0) is 0 Å². The zero-order valence-electron chi connectivity index (χ0n) is 11.5. The van der Waals surface area contributed by atoms with E-state index in [9.17, 15) is 0 Å². The highest BCUT2D eigenvalue weighted by Gasteiger charge is 2.28. The molecule has 0 saturated heterocycles. The lowest BCUT2D eigenvalue weighted by molar-refractivity contribution is 0.619. The molecule has 1 aliphatic carbocycles. The zero-order valence-corrected chi connectivity index (χ0v) is 12.2. The van der Waals surface area contributed by atoms with Crippen molar-refractivity contribution in [1.29, 1.82) is 0 Å². The minimum Gasteiger partial charge on any atom is -0.367 e.